The van der Waals surface area contributed by atoms with E-state index in [2.05, 4.69) is 20.4 Å². The third kappa shape index (κ3) is 2.90. The van der Waals surface area contributed by atoms with Crippen LogP contribution < -0.4 is 5.32 Å². The average Bonchev–Trinajstić information content (AvgIpc) is 3.00. The number of pyridine rings is 2. The second kappa shape index (κ2) is 5.72. The van der Waals surface area contributed by atoms with Gasteiger partial charge >= 0.3 is 0 Å². The minimum Gasteiger partial charge on any atom is -0.355 e. The van der Waals surface area contributed by atoms with Crippen molar-refractivity contribution >= 4 is 23.2 Å². The molecule has 0 atom stereocenters. The highest BCUT2D eigenvalue weighted by molar-refractivity contribution is 6.32. The molecule has 3 heterocycles. The Morgan fingerprint density at radius 2 is 2.10 bits per heavy atom. The predicted octanol–water partition coefficient (Wildman–Crippen LogP) is 3.04. The summed E-state index contributed by atoms with van der Waals surface area (Å²) in [5, 5.41) is 6.57. The molecular formula is C14H9ClN4O2. The maximum Gasteiger partial charge on any atom is 0.277 e. The number of nitrogens with one attached hydrogen (secondary N) is 1. The minimum atomic E-state index is -0.427. The lowest BCUT2D eigenvalue weighted by atomic mass is 10.2. The molecule has 21 heavy (non-hydrogen) atoms. The van der Waals surface area contributed by atoms with Crippen LogP contribution >= 0.6 is 11.6 Å². The maximum atomic E-state index is 12.1. The van der Waals surface area contributed by atoms with Gasteiger partial charge in [-0.1, -0.05) is 16.8 Å². The molecule has 0 saturated heterocycles. The Balaban J connectivity index is 1.80. The minimum absolute atomic E-state index is 0.147. The Hall–Kier alpha value is -2.73. The van der Waals surface area contributed by atoms with Gasteiger partial charge in [-0.15, -0.1) is 0 Å². The Morgan fingerprint density at radius 3 is 2.86 bits per heavy atom. The first-order valence-electron chi connectivity index (χ1n) is 6.03. The molecule has 1 amide bonds. The molecule has 0 unspecified atom stereocenters. The average molecular weight is 301 g/mol. The first-order valence-corrected chi connectivity index (χ1v) is 6.41. The SMILES string of the molecule is O=C(Nc1cccnc1Cl)c1cc(-c2cccnc2)on1. The van der Waals surface area contributed by atoms with Crippen LogP contribution in [0.3, 0.4) is 0 Å². The topological polar surface area (TPSA) is 80.9 Å². The lowest BCUT2D eigenvalue weighted by Crippen LogP contribution is -2.12. The smallest absolute Gasteiger partial charge is 0.277 e. The molecule has 1 N–H and O–H groups in total. The Labute approximate surface area is 124 Å². The van der Waals surface area contributed by atoms with E-state index in [4.69, 9.17) is 16.1 Å². The Morgan fingerprint density at radius 1 is 1.24 bits per heavy atom. The summed E-state index contributed by atoms with van der Waals surface area (Å²) in [4.78, 5) is 19.9. The van der Waals surface area contributed by atoms with Crippen molar-refractivity contribution in [2.45, 2.75) is 0 Å². The molecule has 0 spiro atoms. The normalized spacial score (nSPS) is 10.3. The summed E-state index contributed by atoms with van der Waals surface area (Å²) < 4.78 is 5.14. The van der Waals surface area contributed by atoms with Gasteiger partial charge in [0.1, 0.15) is 0 Å². The van der Waals surface area contributed by atoms with Crippen LogP contribution in [0.1, 0.15) is 10.5 Å². The second-order valence-corrected chi connectivity index (χ2v) is 4.47. The van der Waals surface area contributed by atoms with Gasteiger partial charge in [-0.05, 0) is 24.3 Å². The van der Waals surface area contributed by atoms with Crippen molar-refractivity contribution in [3.63, 3.8) is 0 Å². The summed E-state index contributed by atoms with van der Waals surface area (Å²) in [6.07, 6.45) is 4.81. The van der Waals surface area contributed by atoms with Crippen molar-refractivity contribution < 1.29 is 9.32 Å². The zero-order valence-corrected chi connectivity index (χ0v) is 11.4. The first kappa shape index (κ1) is 13.3. The van der Waals surface area contributed by atoms with Crippen LogP contribution in [0.4, 0.5) is 5.69 Å². The van der Waals surface area contributed by atoms with Crippen molar-refractivity contribution in [3.8, 4) is 11.3 Å². The van der Waals surface area contributed by atoms with Crippen LogP contribution in [0.2, 0.25) is 5.15 Å². The molecule has 6 nitrogen and oxygen atoms in total. The zero-order valence-electron chi connectivity index (χ0n) is 10.7. The highest BCUT2D eigenvalue weighted by Gasteiger charge is 2.15. The molecule has 7 heteroatoms. The van der Waals surface area contributed by atoms with Crippen LogP contribution in [-0.2, 0) is 0 Å². The summed E-state index contributed by atoms with van der Waals surface area (Å²) in [7, 11) is 0. The molecule has 0 aliphatic carbocycles. The standard InChI is InChI=1S/C14H9ClN4O2/c15-13-10(4-2-6-17-13)18-14(20)11-7-12(21-19-11)9-3-1-5-16-8-9/h1-8H,(H,18,20). The van der Waals surface area contributed by atoms with Crippen LogP contribution in [-0.4, -0.2) is 21.0 Å². The Kier molecular flexibility index (Phi) is 3.61. The van der Waals surface area contributed by atoms with Gasteiger partial charge in [0, 0.05) is 30.2 Å². The van der Waals surface area contributed by atoms with E-state index in [1.807, 2.05) is 6.07 Å². The van der Waals surface area contributed by atoms with Gasteiger partial charge in [0.25, 0.3) is 5.91 Å². The number of anilines is 1. The van der Waals surface area contributed by atoms with E-state index in [9.17, 15) is 4.79 Å². The van der Waals surface area contributed by atoms with E-state index >= 15 is 0 Å². The van der Waals surface area contributed by atoms with Crippen LogP contribution in [0, 0.1) is 0 Å². The van der Waals surface area contributed by atoms with Gasteiger partial charge in [0.05, 0.1) is 5.69 Å². The van der Waals surface area contributed by atoms with Gasteiger partial charge in [-0.25, -0.2) is 4.98 Å². The second-order valence-electron chi connectivity index (χ2n) is 4.11. The van der Waals surface area contributed by atoms with E-state index in [0.29, 0.717) is 11.4 Å². The summed E-state index contributed by atoms with van der Waals surface area (Å²) in [6, 6.07) is 8.44. The molecule has 3 aromatic heterocycles. The molecule has 3 rings (SSSR count). The fourth-order valence-corrected chi connectivity index (χ4v) is 1.86. The lowest BCUT2D eigenvalue weighted by molar-refractivity contribution is 0.101. The van der Waals surface area contributed by atoms with Crippen molar-refractivity contribution in [2.24, 2.45) is 0 Å². The number of carbonyl (C=O) groups is 1. The lowest BCUT2D eigenvalue weighted by Gasteiger charge is -2.03. The van der Waals surface area contributed by atoms with Gasteiger partial charge in [-0.3, -0.25) is 9.78 Å². The van der Waals surface area contributed by atoms with Gasteiger partial charge in [0.15, 0.2) is 16.6 Å². The van der Waals surface area contributed by atoms with Crippen LogP contribution in [0.5, 0.6) is 0 Å². The predicted molar refractivity (Wildman–Crippen MR) is 76.9 cm³/mol. The van der Waals surface area contributed by atoms with Gasteiger partial charge < -0.3 is 9.84 Å². The van der Waals surface area contributed by atoms with E-state index in [0.717, 1.165) is 5.56 Å². The fourth-order valence-electron chi connectivity index (χ4n) is 1.69. The summed E-state index contributed by atoms with van der Waals surface area (Å²) in [6.45, 7) is 0. The summed E-state index contributed by atoms with van der Waals surface area (Å²) >= 11 is 5.88. The van der Waals surface area contributed by atoms with Crippen LogP contribution in [0.15, 0.2) is 53.4 Å². The molecule has 3 aromatic rings. The van der Waals surface area contributed by atoms with Gasteiger partial charge in [0.2, 0.25) is 0 Å². The highest BCUT2D eigenvalue weighted by Crippen LogP contribution is 2.21. The van der Waals surface area contributed by atoms with E-state index in [1.165, 1.54) is 12.3 Å². The molecule has 104 valence electrons. The third-order valence-electron chi connectivity index (χ3n) is 2.70. The fraction of sp³-hybridized carbons (Fsp3) is 0. The summed E-state index contributed by atoms with van der Waals surface area (Å²) in [5.41, 5.74) is 1.30. The van der Waals surface area contributed by atoms with Crippen molar-refractivity contribution in [3.05, 3.63) is 59.8 Å². The summed E-state index contributed by atoms with van der Waals surface area (Å²) in [5.74, 6) is 0.0364. The molecule has 0 aliphatic heterocycles. The maximum absolute atomic E-state index is 12.1. The Bertz CT molecular complexity index is 773. The van der Waals surface area contributed by atoms with Crippen molar-refractivity contribution in [1.29, 1.82) is 0 Å². The third-order valence-corrected chi connectivity index (χ3v) is 3.00. The largest absolute Gasteiger partial charge is 0.355 e. The molecule has 0 radical (unpaired) electrons. The molecule has 0 saturated carbocycles. The number of amides is 1. The molecule has 0 aliphatic rings. The first-order chi connectivity index (χ1) is 10.2. The van der Waals surface area contributed by atoms with E-state index < -0.39 is 5.91 Å². The van der Waals surface area contributed by atoms with Crippen molar-refractivity contribution in [2.75, 3.05) is 5.32 Å². The monoisotopic (exact) mass is 300 g/mol. The number of hydrogen-bond donors (Lipinski definition) is 1. The van der Waals surface area contributed by atoms with E-state index in [1.54, 1.807) is 30.6 Å². The zero-order chi connectivity index (χ0) is 14.7. The highest BCUT2D eigenvalue weighted by atomic mass is 35.5. The molecule has 0 bridgehead atoms. The quantitative estimate of drug-likeness (QED) is 0.752. The van der Waals surface area contributed by atoms with E-state index in [-0.39, 0.29) is 10.8 Å². The van der Waals surface area contributed by atoms with Gasteiger partial charge in [-0.2, -0.15) is 0 Å². The number of carbonyl (C=O) groups excluding carboxylic acids is 1. The molecule has 0 fully saturated rings. The number of hydrogen-bond acceptors (Lipinski definition) is 5. The molecule has 0 aromatic carbocycles. The van der Waals surface area contributed by atoms with Crippen LogP contribution in [0.25, 0.3) is 11.3 Å². The van der Waals surface area contributed by atoms with Crippen molar-refractivity contribution in [1.82, 2.24) is 15.1 Å². The number of halogens is 1. The number of nitrogens with zero attached hydrogens (tertiary/aromatic N) is 3. The molecular weight excluding hydrogens is 292 g/mol. The number of rotatable bonds is 3. The number of aromatic nitrogens is 3.